The molecule has 1 N–H and O–H groups in total. The Labute approximate surface area is 109 Å². The number of pyridine rings is 1. The van der Waals surface area contributed by atoms with Crippen LogP contribution in [0.15, 0.2) is 23.1 Å². The van der Waals surface area contributed by atoms with Crippen LogP contribution in [0.3, 0.4) is 0 Å². The Hall–Kier alpha value is -1.29. The lowest BCUT2D eigenvalue weighted by atomic mass is 10.1. The number of nitrogens with zero attached hydrogens (tertiary/aromatic N) is 1. The first-order valence-electron chi connectivity index (χ1n) is 6.54. The van der Waals surface area contributed by atoms with Crippen LogP contribution in [0.1, 0.15) is 27.2 Å². The summed E-state index contributed by atoms with van der Waals surface area (Å²) in [4.78, 5) is 11.6. The molecule has 18 heavy (non-hydrogen) atoms. The molecule has 1 heterocycles. The second-order valence-electron chi connectivity index (χ2n) is 4.90. The first kappa shape index (κ1) is 14.8. The van der Waals surface area contributed by atoms with Crippen LogP contribution in [-0.2, 0) is 11.3 Å². The van der Waals surface area contributed by atoms with Crippen LogP contribution in [0, 0.1) is 5.92 Å². The molecular formula is C14H24N2O2. The quantitative estimate of drug-likeness (QED) is 0.810. The normalized spacial score (nSPS) is 12.7. The molecule has 0 radical (unpaired) electrons. The maximum Gasteiger partial charge on any atom is 0.250 e. The van der Waals surface area contributed by atoms with E-state index in [-0.39, 0.29) is 11.6 Å². The van der Waals surface area contributed by atoms with E-state index in [4.69, 9.17) is 4.74 Å². The molecule has 1 aromatic heterocycles. The second-order valence-corrected chi connectivity index (χ2v) is 4.90. The number of hydrogen-bond acceptors (Lipinski definition) is 3. The highest BCUT2D eigenvalue weighted by Gasteiger charge is 2.13. The first-order chi connectivity index (χ1) is 8.58. The van der Waals surface area contributed by atoms with E-state index in [9.17, 15) is 4.79 Å². The summed E-state index contributed by atoms with van der Waals surface area (Å²) < 4.78 is 6.95. The molecule has 1 rings (SSSR count). The van der Waals surface area contributed by atoms with Crippen LogP contribution in [0.25, 0.3) is 0 Å². The van der Waals surface area contributed by atoms with Crippen LogP contribution in [0.2, 0.25) is 0 Å². The number of aromatic nitrogens is 1. The summed E-state index contributed by atoms with van der Waals surface area (Å²) in [6.07, 6.45) is 2.84. The van der Waals surface area contributed by atoms with Crippen molar-refractivity contribution in [2.45, 2.75) is 39.8 Å². The predicted octanol–water partition coefficient (Wildman–Crippen LogP) is 2.34. The zero-order valence-corrected chi connectivity index (χ0v) is 11.8. The van der Waals surface area contributed by atoms with E-state index in [0.29, 0.717) is 12.5 Å². The molecule has 4 heteroatoms. The predicted molar refractivity (Wildman–Crippen MR) is 75.1 cm³/mol. The molecule has 0 aliphatic carbocycles. The molecule has 102 valence electrons. The van der Waals surface area contributed by atoms with Crippen LogP contribution in [-0.4, -0.2) is 24.3 Å². The molecule has 0 saturated heterocycles. The summed E-state index contributed by atoms with van der Waals surface area (Å²) >= 11 is 0. The zero-order valence-electron chi connectivity index (χ0n) is 11.8. The van der Waals surface area contributed by atoms with Gasteiger partial charge in [0.15, 0.2) is 0 Å². The third kappa shape index (κ3) is 4.18. The molecule has 0 aliphatic rings. The summed E-state index contributed by atoms with van der Waals surface area (Å²) in [5.74, 6) is 0.469. The summed E-state index contributed by atoms with van der Waals surface area (Å²) in [6.45, 7) is 7.78. The van der Waals surface area contributed by atoms with Crippen molar-refractivity contribution in [2.75, 3.05) is 19.0 Å². The highest BCUT2D eigenvalue weighted by atomic mass is 16.5. The highest BCUT2D eigenvalue weighted by molar-refractivity contribution is 5.41. The number of methoxy groups -OCH3 is 1. The minimum atomic E-state index is 0.0511. The minimum Gasteiger partial charge on any atom is -0.383 e. The molecule has 0 bridgehead atoms. The number of hydrogen-bond donors (Lipinski definition) is 1. The molecule has 4 nitrogen and oxygen atoms in total. The third-order valence-corrected chi connectivity index (χ3v) is 2.95. The maximum absolute atomic E-state index is 11.6. The van der Waals surface area contributed by atoms with Gasteiger partial charge in [-0.2, -0.15) is 0 Å². The van der Waals surface area contributed by atoms with E-state index in [1.54, 1.807) is 17.7 Å². The molecule has 1 aromatic rings. The van der Waals surface area contributed by atoms with Crippen LogP contribution in [0.4, 0.5) is 5.69 Å². The van der Waals surface area contributed by atoms with Gasteiger partial charge < -0.3 is 14.6 Å². The Bertz CT molecular complexity index is 413. The van der Waals surface area contributed by atoms with Crippen molar-refractivity contribution in [2.24, 2.45) is 5.92 Å². The Morgan fingerprint density at radius 1 is 1.39 bits per heavy atom. The molecule has 0 aromatic carbocycles. The van der Waals surface area contributed by atoms with Gasteiger partial charge in [-0.05, 0) is 18.4 Å². The lowest BCUT2D eigenvalue weighted by Crippen LogP contribution is -2.31. The van der Waals surface area contributed by atoms with Crippen LogP contribution in [0.5, 0.6) is 0 Å². The minimum absolute atomic E-state index is 0.0511. The molecule has 0 fully saturated rings. The number of anilines is 1. The first-order valence-corrected chi connectivity index (χ1v) is 6.54. The van der Waals surface area contributed by atoms with E-state index in [0.717, 1.165) is 18.7 Å². The monoisotopic (exact) mass is 252 g/mol. The standard InChI is InChI=1S/C14H24N2O2/c1-5-8-16-9-12(6-7-14(16)17)15-13(10-18-4)11(2)3/h6-7,9,11,13,15H,5,8,10H2,1-4H3. The lowest BCUT2D eigenvalue weighted by Gasteiger charge is -2.23. The number of rotatable bonds is 7. The van der Waals surface area contributed by atoms with Crippen molar-refractivity contribution in [1.29, 1.82) is 0 Å². The smallest absolute Gasteiger partial charge is 0.250 e. The zero-order chi connectivity index (χ0) is 13.5. The van der Waals surface area contributed by atoms with Gasteiger partial charge in [0.2, 0.25) is 0 Å². The van der Waals surface area contributed by atoms with Gasteiger partial charge in [0.1, 0.15) is 0 Å². The van der Waals surface area contributed by atoms with Gasteiger partial charge in [0.05, 0.1) is 18.3 Å². The summed E-state index contributed by atoms with van der Waals surface area (Å²) in [6, 6.07) is 3.70. The average Bonchev–Trinajstić information content (AvgIpc) is 2.33. The largest absolute Gasteiger partial charge is 0.383 e. The third-order valence-electron chi connectivity index (χ3n) is 2.95. The van der Waals surface area contributed by atoms with E-state index in [1.165, 1.54) is 0 Å². The Balaban J connectivity index is 2.82. The second kappa shape index (κ2) is 7.21. The summed E-state index contributed by atoms with van der Waals surface area (Å²) in [5.41, 5.74) is 1.02. The molecule has 0 spiro atoms. The molecule has 0 saturated carbocycles. The SMILES string of the molecule is CCCn1cc(NC(COC)C(C)C)ccc1=O. The maximum atomic E-state index is 11.6. The number of ether oxygens (including phenoxy) is 1. The van der Waals surface area contributed by atoms with Gasteiger partial charge in [0, 0.05) is 25.9 Å². The Morgan fingerprint density at radius 3 is 2.67 bits per heavy atom. The number of aryl methyl sites for hydroxylation is 1. The summed E-state index contributed by atoms with van der Waals surface area (Å²) in [5, 5.41) is 3.42. The molecule has 1 atom stereocenters. The van der Waals surface area contributed by atoms with Gasteiger partial charge in [0.25, 0.3) is 5.56 Å². The van der Waals surface area contributed by atoms with Crippen molar-refractivity contribution in [3.8, 4) is 0 Å². The van der Waals surface area contributed by atoms with Crippen molar-refractivity contribution in [1.82, 2.24) is 4.57 Å². The molecule has 1 unspecified atom stereocenters. The Kier molecular flexibility index (Phi) is 5.92. The van der Waals surface area contributed by atoms with E-state index in [2.05, 4.69) is 26.1 Å². The average molecular weight is 252 g/mol. The van der Waals surface area contributed by atoms with Gasteiger partial charge in [-0.15, -0.1) is 0 Å². The van der Waals surface area contributed by atoms with Crippen molar-refractivity contribution < 1.29 is 4.74 Å². The molecule has 0 amide bonds. The topological polar surface area (TPSA) is 43.3 Å². The van der Waals surface area contributed by atoms with Gasteiger partial charge in [-0.25, -0.2) is 0 Å². The molecule has 0 aliphatic heterocycles. The Morgan fingerprint density at radius 2 is 2.11 bits per heavy atom. The van der Waals surface area contributed by atoms with E-state index < -0.39 is 0 Å². The lowest BCUT2D eigenvalue weighted by molar-refractivity contribution is 0.171. The fraction of sp³-hybridized carbons (Fsp3) is 0.643. The van der Waals surface area contributed by atoms with Gasteiger partial charge in [-0.1, -0.05) is 20.8 Å². The molecular weight excluding hydrogens is 228 g/mol. The highest BCUT2D eigenvalue weighted by Crippen LogP contribution is 2.11. The van der Waals surface area contributed by atoms with Gasteiger partial charge >= 0.3 is 0 Å². The number of nitrogens with one attached hydrogen (secondary N) is 1. The van der Waals surface area contributed by atoms with Crippen molar-refractivity contribution in [3.63, 3.8) is 0 Å². The van der Waals surface area contributed by atoms with Crippen molar-refractivity contribution >= 4 is 5.69 Å². The fourth-order valence-electron chi connectivity index (χ4n) is 1.83. The van der Waals surface area contributed by atoms with Crippen LogP contribution >= 0.6 is 0 Å². The van der Waals surface area contributed by atoms with Crippen LogP contribution < -0.4 is 10.9 Å². The van der Waals surface area contributed by atoms with E-state index in [1.807, 2.05) is 12.3 Å². The fourth-order valence-corrected chi connectivity index (χ4v) is 1.83. The van der Waals surface area contributed by atoms with E-state index >= 15 is 0 Å². The van der Waals surface area contributed by atoms with Crippen molar-refractivity contribution in [3.05, 3.63) is 28.7 Å². The van der Waals surface area contributed by atoms with Gasteiger partial charge in [-0.3, -0.25) is 4.79 Å². The summed E-state index contributed by atoms with van der Waals surface area (Å²) in [7, 11) is 1.70.